The summed E-state index contributed by atoms with van der Waals surface area (Å²) in [6.07, 6.45) is 44.5. The first-order valence-electron chi connectivity index (χ1n) is 47.3. The van der Waals surface area contributed by atoms with Crippen LogP contribution in [0, 0.1) is 11.8 Å². The number of anilines is 6. The van der Waals surface area contributed by atoms with Crippen molar-refractivity contribution in [1.29, 1.82) is 0 Å². The molecule has 116 heavy (non-hydrogen) atoms. The van der Waals surface area contributed by atoms with Crippen LogP contribution < -0.4 is 31.1 Å². The molecule has 4 saturated carbocycles. The monoisotopic (exact) mass is 1620 g/mol. The first-order chi connectivity index (χ1) is 55.0. The fourth-order valence-corrected chi connectivity index (χ4v) is 23.0. The number of hydroxylamine groups is 8. The van der Waals surface area contributed by atoms with E-state index in [-0.39, 0.29) is 106 Å². The Balaban J connectivity index is 0.960. The second-order valence-electron chi connectivity index (χ2n) is 42.3. The van der Waals surface area contributed by atoms with Crippen molar-refractivity contribution in [2.45, 2.75) is 500 Å². The Morgan fingerprint density at radius 2 is 0.621 bits per heavy atom. The highest BCUT2D eigenvalue weighted by atomic mass is 16.7. The maximum Gasteiger partial charge on any atom is 0.303 e. The van der Waals surface area contributed by atoms with E-state index in [1.54, 1.807) is 0 Å². The molecule has 662 valence electrons. The highest BCUT2D eigenvalue weighted by molar-refractivity contribution is 5.66. The van der Waals surface area contributed by atoms with E-state index < -0.39 is 11.9 Å². The minimum absolute atomic E-state index is 0.0733. The second kappa shape index (κ2) is 42.0. The molecule has 0 amide bonds. The molecule has 0 spiro atoms. The van der Waals surface area contributed by atoms with E-state index in [2.05, 4.69) is 176 Å². The molecular formula is C92H166N16O8. The smallest absolute Gasteiger partial charge is 0.303 e. The van der Waals surface area contributed by atoms with Crippen LogP contribution in [0.25, 0.3) is 0 Å². The van der Waals surface area contributed by atoms with E-state index in [1.165, 1.54) is 77.0 Å². The van der Waals surface area contributed by atoms with Gasteiger partial charge in [-0.05, 0) is 277 Å². The zero-order chi connectivity index (χ0) is 83.7. The third kappa shape index (κ3) is 26.5. The van der Waals surface area contributed by atoms with Crippen LogP contribution in [0.5, 0.6) is 0 Å². The number of nitrogens with one attached hydrogen (secondary N) is 4. The van der Waals surface area contributed by atoms with Crippen molar-refractivity contribution < 1.29 is 39.2 Å². The van der Waals surface area contributed by atoms with Gasteiger partial charge in [0.2, 0.25) is 35.7 Å². The molecule has 2 aromatic heterocycles. The number of hydrogen-bond donors (Lipinski definition) is 6. The number of piperidine rings is 4. The van der Waals surface area contributed by atoms with Gasteiger partial charge in [-0.3, -0.25) is 28.9 Å². The lowest BCUT2D eigenvalue weighted by Crippen LogP contribution is -2.65. The molecule has 8 fully saturated rings. The summed E-state index contributed by atoms with van der Waals surface area (Å²) in [5, 5.41) is 44.1. The molecule has 0 radical (unpaired) electrons. The van der Waals surface area contributed by atoms with Crippen LogP contribution in [-0.2, 0) is 28.9 Å². The third-order valence-corrected chi connectivity index (χ3v) is 27.5. The molecule has 24 nitrogen and oxygen atoms in total. The van der Waals surface area contributed by atoms with Crippen LogP contribution in [0.1, 0.15) is 407 Å². The number of aromatic nitrogens is 6. The molecule has 2 atom stereocenters. The topological polar surface area (TPSA) is 256 Å². The van der Waals surface area contributed by atoms with Gasteiger partial charge in [0.1, 0.15) is 0 Å². The van der Waals surface area contributed by atoms with Crippen molar-refractivity contribution in [3.63, 3.8) is 0 Å². The van der Waals surface area contributed by atoms with Crippen LogP contribution in [0.2, 0.25) is 0 Å². The fraction of sp³-hybridized carbons (Fsp3) is 0.913. The number of carbonyl (C=O) groups is 2. The van der Waals surface area contributed by atoms with E-state index in [9.17, 15) is 19.8 Å². The predicted molar refractivity (Wildman–Crippen MR) is 470 cm³/mol. The lowest BCUT2D eigenvalue weighted by Gasteiger charge is -2.56. The molecule has 0 aromatic carbocycles. The minimum Gasteiger partial charge on any atom is -0.481 e. The van der Waals surface area contributed by atoms with E-state index in [0.29, 0.717) is 73.5 Å². The molecule has 24 heteroatoms. The van der Waals surface area contributed by atoms with Crippen molar-refractivity contribution in [2.75, 3.05) is 57.2 Å². The van der Waals surface area contributed by atoms with E-state index in [0.717, 1.165) is 193 Å². The number of unbranched alkanes of at least 4 members (excludes halogenated alkanes) is 7. The van der Waals surface area contributed by atoms with Crippen LogP contribution in [0.3, 0.4) is 0 Å². The van der Waals surface area contributed by atoms with Gasteiger partial charge in [0, 0.05) is 107 Å². The Hall–Kier alpha value is -4.56. The van der Waals surface area contributed by atoms with Crippen molar-refractivity contribution in [1.82, 2.24) is 50.2 Å². The van der Waals surface area contributed by atoms with Crippen molar-refractivity contribution in [3.05, 3.63) is 0 Å². The standard InChI is InChI=1S/C92H166N16O8/c1-19-43-75(67-59-85(3,4)105(86(5,6)60-67)113-71-45-29-23-30-46-71)95-81-97-79(93-55-39-27-37-53-77(109)110)99-83(101-81)103(69-63-89(11,12)107(90(13,14)64-69)115-73-49-33-25-34-50-73)57-41-21-22-42-58-104(70-65-91(15,16)108(92(17,18)66-70)116-74-51-35-26-36-52-74)84-100-80(94-56-40-28-38-54-78(111)112)98-82(102-84)96-76(44-20-2)68-61-87(7,8)106(88(9,10)62-68)114-72-47-31-24-32-48-72/h67-76H,19-66H2,1-18H3,(H,109,110)(H,111,112)(H2,93,95,97,99,101)(H2,94,96,98,100,102). The van der Waals surface area contributed by atoms with Crippen LogP contribution in [0.4, 0.5) is 35.7 Å². The van der Waals surface area contributed by atoms with Gasteiger partial charge in [-0.2, -0.15) is 50.2 Å². The molecule has 2 unspecified atom stereocenters. The molecule has 4 aliphatic heterocycles. The Morgan fingerprint density at radius 3 is 0.888 bits per heavy atom. The quantitative estimate of drug-likeness (QED) is 0.0337. The van der Waals surface area contributed by atoms with Crippen molar-refractivity contribution in [2.24, 2.45) is 11.8 Å². The first kappa shape index (κ1) is 93.7. The fourth-order valence-electron chi connectivity index (χ4n) is 23.0. The number of hydrogen-bond acceptors (Lipinski definition) is 22. The predicted octanol–water partition coefficient (Wildman–Crippen LogP) is 20.8. The van der Waals surface area contributed by atoms with Gasteiger partial charge in [0.05, 0.1) is 24.4 Å². The summed E-state index contributed by atoms with van der Waals surface area (Å²) in [5.74, 6) is 2.77. The first-order valence-corrected chi connectivity index (χ1v) is 47.3. The summed E-state index contributed by atoms with van der Waals surface area (Å²) in [7, 11) is 0. The number of carboxylic acid groups (broad SMARTS) is 2. The Bertz CT molecular complexity index is 3030. The maximum absolute atomic E-state index is 11.6. The molecular weight excluding hydrogens is 1460 g/mol. The molecule has 2 aromatic rings. The molecule has 8 aliphatic rings. The van der Waals surface area contributed by atoms with Gasteiger partial charge in [0.25, 0.3) is 0 Å². The minimum atomic E-state index is -0.762. The van der Waals surface area contributed by atoms with Crippen LogP contribution in [-0.4, -0.2) is 191 Å². The van der Waals surface area contributed by atoms with Crippen LogP contribution >= 0.6 is 0 Å². The normalized spacial score (nSPS) is 24.2. The summed E-state index contributed by atoms with van der Waals surface area (Å²) >= 11 is 0. The van der Waals surface area contributed by atoms with Gasteiger partial charge in [-0.15, -0.1) is 0 Å². The summed E-state index contributed by atoms with van der Waals surface area (Å²) in [6, 6.07) is 0.347. The molecule has 6 heterocycles. The Labute approximate surface area is 702 Å². The average Bonchev–Trinajstić information content (AvgIpc) is 0.770. The summed E-state index contributed by atoms with van der Waals surface area (Å²) in [4.78, 5) is 89.7. The number of aliphatic carboxylic acids is 2. The summed E-state index contributed by atoms with van der Waals surface area (Å²) < 4.78 is 0. The SMILES string of the molecule is CCCC(Nc1nc(NCCCCCC(=O)O)nc(N(CCCCCCN(c2nc(NCCCCCC(=O)O)nc(NC(CCC)C3CC(C)(C)N(OC4CCCCC4)C(C)(C)C3)n2)C2CC(C)(C)N(OC3CCCCC3)C(C)(C)C2)C2CC(C)(C)N(OC3CCCCC3)C(C)(C)C2)n1)C1CC(C)(C)N(OC2CCCCC2)C(C)(C)C1. The Morgan fingerprint density at radius 1 is 0.362 bits per heavy atom. The third-order valence-electron chi connectivity index (χ3n) is 27.5. The van der Waals surface area contributed by atoms with Crippen molar-refractivity contribution in [3.8, 4) is 0 Å². The molecule has 4 saturated heterocycles. The lowest BCUT2D eigenvalue weighted by atomic mass is 9.71. The largest absolute Gasteiger partial charge is 0.481 e. The van der Waals surface area contributed by atoms with Gasteiger partial charge < -0.3 is 41.3 Å². The summed E-state index contributed by atoms with van der Waals surface area (Å²) in [5.41, 5.74) is -2.06. The van der Waals surface area contributed by atoms with Gasteiger partial charge in [0.15, 0.2) is 0 Å². The Kier molecular flexibility index (Phi) is 33.9. The summed E-state index contributed by atoms with van der Waals surface area (Å²) in [6.45, 7) is 45.4. The van der Waals surface area contributed by atoms with E-state index in [4.69, 9.17) is 49.3 Å². The van der Waals surface area contributed by atoms with Crippen LogP contribution in [0.15, 0.2) is 0 Å². The van der Waals surface area contributed by atoms with Crippen molar-refractivity contribution >= 4 is 47.6 Å². The number of carboxylic acids is 2. The van der Waals surface area contributed by atoms with Gasteiger partial charge >= 0.3 is 11.9 Å². The van der Waals surface area contributed by atoms with E-state index in [1.807, 2.05) is 0 Å². The average molecular weight is 1620 g/mol. The second-order valence-corrected chi connectivity index (χ2v) is 42.3. The van der Waals surface area contributed by atoms with Gasteiger partial charge in [-0.1, -0.05) is 129 Å². The number of rotatable bonds is 43. The molecule has 4 aliphatic carbocycles. The molecule has 6 N–H and O–H groups in total. The highest BCUT2D eigenvalue weighted by Crippen LogP contribution is 2.50. The van der Waals surface area contributed by atoms with E-state index >= 15 is 0 Å². The molecule has 10 rings (SSSR count). The number of nitrogens with zero attached hydrogens (tertiary/aromatic N) is 12. The highest BCUT2D eigenvalue weighted by Gasteiger charge is 2.54. The zero-order valence-electron chi connectivity index (χ0n) is 76.4. The van der Waals surface area contributed by atoms with Gasteiger partial charge in [-0.25, -0.2) is 0 Å². The molecule has 0 bridgehead atoms. The lowest BCUT2D eigenvalue weighted by molar-refractivity contribution is -0.314. The zero-order valence-corrected chi connectivity index (χ0v) is 76.4. The maximum atomic E-state index is 11.6.